The van der Waals surface area contributed by atoms with Gasteiger partial charge in [-0.1, -0.05) is 17.7 Å². The molecule has 0 N–H and O–H groups in total. The summed E-state index contributed by atoms with van der Waals surface area (Å²) >= 11 is 9.48. The van der Waals surface area contributed by atoms with Crippen LogP contribution >= 0.6 is 27.5 Å². The molecule has 22 heavy (non-hydrogen) atoms. The minimum atomic E-state index is -1.23. The summed E-state index contributed by atoms with van der Waals surface area (Å²) in [6.45, 7) is 0. The molecule has 0 bridgehead atoms. The van der Waals surface area contributed by atoms with Crippen LogP contribution in [0, 0.1) is 5.92 Å². The second-order valence-corrected chi connectivity index (χ2v) is 6.55. The SMILES string of the molecule is O=C1CCCC(=O)C1C(=O)c1c(Cl)ccc2cc(Br)cnc12. The highest BCUT2D eigenvalue weighted by Crippen LogP contribution is 2.31. The molecule has 1 aromatic carbocycles. The molecule has 1 aliphatic rings. The highest BCUT2D eigenvalue weighted by Gasteiger charge is 2.38. The quantitative estimate of drug-likeness (QED) is 0.587. The van der Waals surface area contributed by atoms with Gasteiger partial charge >= 0.3 is 0 Å². The first-order valence-electron chi connectivity index (χ1n) is 6.82. The van der Waals surface area contributed by atoms with E-state index in [1.807, 2.05) is 0 Å². The average molecular weight is 381 g/mol. The van der Waals surface area contributed by atoms with Gasteiger partial charge in [0.2, 0.25) is 0 Å². The first-order valence-corrected chi connectivity index (χ1v) is 7.99. The van der Waals surface area contributed by atoms with Crippen LogP contribution in [0.15, 0.2) is 28.9 Å². The fourth-order valence-electron chi connectivity index (χ4n) is 2.73. The molecule has 1 aliphatic carbocycles. The smallest absolute Gasteiger partial charge is 0.184 e. The lowest BCUT2D eigenvalue weighted by molar-refractivity contribution is -0.133. The highest BCUT2D eigenvalue weighted by atomic mass is 79.9. The molecule has 1 fully saturated rings. The molecule has 6 heteroatoms. The summed E-state index contributed by atoms with van der Waals surface area (Å²) in [5.41, 5.74) is 0.562. The van der Waals surface area contributed by atoms with Crippen molar-refractivity contribution in [2.75, 3.05) is 0 Å². The predicted molar refractivity (Wildman–Crippen MR) is 86.1 cm³/mol. The van der Waals surface area contributed by atoms with E-state index in [2.05, 4.69) is 20.9 Å². The lowest BCUT2D eigenvalue weighted by Gasteiger charge is -2.19. The Bertz CT molecular complexity index is 802. The van der Waals surface area contributed by atoms with Crippen LogP contribution in [0.4, 0.5) is 0 Å². The topological polar surface area (TPSA) is 64.1 Å². The number of nitrogens with zero attached hydrogens (tertiary/aromatic N) is 1. The number of benzene rings is 1. The van der Waals surface area contributed by atoms with Crippen LogP contribution in [0.2, 0.25) is 5.02 Å². The normalized spacial score (nSPS) is 16.3. The molecule has 112 valence electrons. The number of aromatic nitrogens is 1. The second kappa shape index (κ2) is 5.89. The van der Waals surface area contributed by atoms with Crippen molar-refractivity contribution >= 4 is 55.8 Å². The summed E-state index contributed by atoms with van der Waals surface area (Å²) in [5.74, 6) is -2.43. The fraction of sp³-hybridized carbons (Fsp3) is 0.250. The lowest BCUT2D eigenvalue weighted by Crippen LogP contribution is -2.35. The fourth-order valence-corrected chi connectivity index (χ4v) is 3.32. The van der Waals surface area contributed by atoms with Gasteiger partial charge in [-0.05, 0) is 34.5 Å². The van der Waals surface area contributed by atoms with Crippen molar-refractivity contribution in [3.05, 3.63) is 39.5 Å². The minimum Gasteiger partial charge on any atom is -0.298 e. The number of Topliss-reactive ketones (excluding diaryl/α,β-unsaturated/α-hetero) is 3. The average Bonchev–Trinajstić information content (AvgIpc) is 2.47. The Kier molecular flexibility index (Phi) is 4.10. The Balaban J connectivity index is 2.16. The highest BCUT2D eigenvalue weighted by molar-refractivity contribution is 9.10. The zero-order valence-corrected chi connectivity index (χ0v) is 13.8. The maximum absolute atomic E-state index is 12.8. The monoisotopic (exact) mass is 379 g/mol. The zero-order chi connectivity index (χ0) is 15.9. The van der Waals surface area contributed by atoms with Gasteiger partial charge < -0.3 is 0 Å². The van der Waals surface area contributed by atoms with Crippen LogP contribution in [-0.2, 0) is 9.59 Å². The van der Waals surface area contributed by atoms with E-state index >= 15 is 0 Å². The standard InChI is InChI=1S/C16H11BrClNO3/c17-9-6-8-4-5-10(18)13(15(8)19-7-9)16(22)14-11(20)2-1-3-12(14)21/h4-7,14H,1-3H2. The van der Waals surface area contributed by atoms with E-state index < -0.39 is 11.7 Å². The molecule has 0 radical (unpaired) electrons. The van der Waals surface area contributed by atoms with Crippen LogP contribution in [0.1, 0.15) is 29.6 Å². The first-order chi connectivity index (χ1) is 10.5. The minimum absolute atomic E-state index is 0.153. The van der Waals surface area contributed by atoms with Gasteiger partial charge in [-0.15, -0.1) is 0 Å². The summed E-state index contributed by atoms with van der Waals surface area (Å²) in [4.78, 5) is 41.0. The van der Waals surface area contributed by atoms with Gasteiger partial charge in [0.15, 0.2) is 17.3 Å². The van der Waals surface area contributed by atoms with Crippen molar-refractivity contribution in [2.24, 2.45) is 5.92 Å². The molecule has 2 aromatic rings. The second-order valence-electron chi connectivity index (χ2n) is 5.23. The van der Waals surface area contributed by atoms with Gasteiger partial charge in [0.05, 0.1) is 16.1 Å². The van der Waals surface area contributed by atoms with Gasteiger partial charge in [0.1, 0.15) is 5.92 Å². The van der Waals surface area contributed by atoms with Gasteiger partial charge in [0, 0.05) is 28.9 Å². The molecule has 0 aliphatic heterocycles. The molecule has 3 rings (SSSR count). The van der Waals surface area contributed by atoms with Crippen molar-refractivity contribution in [3.8, 4) is 0 Å². The Morgan fingerprint density at radius 1 is 1.23 bits per heavy atom. The molecule has 1 saturated carbocycles. The van der Waals surface area contributed by atoms with Crippen LogP contribution in [0.3, 0.4) is 0 Å². The molecular formula is C16H11BrClNO3. The third-order valence-electron chi connectivity index (χ3n) is 3.77. The van der Waals surface area contributed by atoms with E-state index in [0.29, 0.717) is 11.9 Å². The molecule has 0 spiro atoms. The summed E-state index contributed by atoms with van der Waals surface area (Å²) in [5, 5.41) is 0.927. The van der Waals surface area contributed by atoms with E-state index in [4.69, 9.17) is 11.6 Å². The van der Waals surface area contributed by atoms with Crippen LogP contribution in [-0.4, -0.2) is 22.3 Å². The summed E-state index contributed by atoms with van der Waals surface area (Å²) in [6, 6.07) is 5.14. The maximum Gasteiger partial charge on any atom is 0.184 e. The Labute approximate surface area is 140 Å². The summed E-state index contributed by atoms with van der Waals surface area (Å²) in [6.07, 6.45) is 2.57. The molecule has 0 unspecified atom stereocenters. The largest absolute Gasteiger partial charge is 0.298 e. The predicted octanol–water partition coefficient (Wildman–Crippen LogP) is 3.77. The number of ketones is 3. The van der Waals surface area contributed by atoms with Crippen molar-refractivity contribution in [2.45, 2.75) is 19.3 Å². The number of halogens is 2. The van der Waals surface area contributed by atoms with Crippen molar-refractivity contribution in [3.63, 3.8) is 0 Å². The number of rotatable bonds is 2. The number of carbonyl (C=O) groups excluding carboxylic acids is 3. The summed E-state index contributed by atoms with van der Waals surface area (Å²) < 4.78 is 0.769. The molecule has 0 amide bonds. The number of carbonyl (C=O) groups is 3. The van der Waals surface area contributed by atoms with Gasteiger partial charge in [-0.2, -0.15) is 0 Å². The Morgan fingerprint density at radius 3 is 2.59 bits per heavy atom. The molecule has 4 nitrogen and oxygen atoms in total. The number of hydrogen-bond donors (Lipinski definition) is 0. The van der Waals surface area contributed by atoms with E-state index in [-0.39, 0.29) is 35.0 Å². The first kappa shape index (κ1) is 15.3. The third kappa shape index (κ3) is 2.59. The number of pyridine rings is 1. The molecule has 0 saturated heterocycles. The van der Waals surface area contributed by atoms with E-state index in [1.54, 1.807) is 24.4 Å². The Hall–Kier alpha value is -1.59. The molecule has 0 atom stereocenters. The van der Waals surface area contributed by atoms with Crippen LogP contribution in [0.5, 0.6) is 0 Å². The van der Waals surface area contributed by atoms with Crippen molar-refractivity contribution in [1.29, 1.82) is 0 Å². The van der Waals surface area contributed by atoms with Crippen LogP contribution in [0.25, 0.3) is 10.9 Å². The van der Waals surface area contributed by atoms with Gasteiger partial charge in [0.25, 0.3) is 0 Å². The maximum atomic E-state index is 12.8. The van der Waals surface area contributed by atoms with E-state index in [1.165, 1.54) is 0 Å². The van der Waals surface area contributed by atoms with E-state index in [9.17, 15) is 14.4 Å². The van der Waals surface area contributed by atoms with Gasteiger partial charge in [-0.25, -0.2) is 0 Å². The molecular weight excluding hydrogens is 370 g/mol. The summed E-state index contributed by atoms with van der Waals surface area (Å²) in [7, 11) is 0. The van der Waals surface area contributed by atoms with Crippen LogP contribution < -0.4 is 0 Å². The number of hydrogen-bond acceptors (Lipinski definition) is 4. The molecule has 1 aromatic heterocycles. The Morgan fingerprint density at radius 2 is 1.91 bits per heavy atom. The van der Waals surface area contributed by atoms with Crippen molar-refractivity contribution < 1.29 is 14.4 Å². The van der Waals surface area contributed by atoms with E-state index in [0.717, 1.165) is 9.86 Å². The molecule has 1 heterocycles. The van der Waals surface area contributed by atoms with Gasteiger partial charge in [-0.3, -0.25) is 19.4 Å². The number of fused-ring (bicyclic) bond motifs is 1. The zero-order valence-electron chi connectivity index (χ0n) is 11.4. The lowest BCUT2D eigenvalue weighted by atomic mass is 9.81. The third-order valence-corrected chi connectivity index (χ3v) is 4.52. The van der Waals surface area contributed by atoms with Crippen molar-refractivity contribution in [1.82, 2.24) is 4.98 Å².